The third-order valence-electron chi connectivity index (χ3n) is 7.06. The van der Waals surface area contributed by atoms with E-state index >= 15 is 0 Å². The Morgan fingerprint density at radius 3 is 2.41 bits per heavy atom. The van der Waals surface area contributed by atoms with E-state index in [0.29, 0.717) is 54.0 Å². The molecule has 3 heterocycles. The van der Waals surface area contributed by atoms with Crippen molar-refractivity contribution >= 4 is 17.8 Å². The number of H-pyrrole nitrogens is 1. The molecule has 0 spiro atoms. The molecule has 8 nitrogen and oxygen atoms in total. The second-order valence-electron chi connectivity index (χ2n) is 9.29. The number of carbonyl (C=O) groups is 3. The molecule has 2 N–H and O–H groups in total. The minimum absolute atomic E-state index is 0.0976. The van der Waals surface area contributed by atoms with Crippen LogP contribution in [0, 0.1) is 19.8 Å². The number of rotatable bonds is 8. The molecule has 2 aliphatic rings. The molecule has 178 valence electrons. The van der Waals surface area contributed by atoms with Gasteiger partial charge in [0.25, 0.3) is 5.91 Å². The smallest absolute Gasteiger partial charge is 0.339 e. The first-order chi connectivity index (χ1) is 15.3. The van der Waals surface area contributed by atoms with Crippen LogP contribution in [0.3, 0.4) is 0 Å². The molecular weight excluding hydrogens is 408 g/mol. The minimum atomic E-state index is -0.435. The molecule has 2 aliphatic heterocycles. The van der Waals surface area contributed by atoms with E-state index in [4.69, 9.17) is 4.74 Å². The Kier molecular flexibility index (Phi) is 8.34. The molecule has 0 radical (unpaired) electrons. The number of aromatic nitrogens is 1. The number of nitrogens with zero attached hydrogens (tertiary/aromatic N) is 2. The van der Waals surface area contributed by atoms with Crippen LogP contribution in [0.25, 0.3) is 0 Å². The lowest BCUT2D eigenvalue weighted by molar-refractivity contribution is -0.122. The fourth-order valence-corrected chi connectivity index (χ4v) is 4.99. The molecule has 1 aromatic heterocycles. The van der Waals surface area contributed by atoms with E-state index in [2.05, 4.69) is 22.1 Å². The van der Waals surface area contributed by atoms with E-state index in [0.717, 1.165) is 25.8 Å². The maximum Gasteiger partial charge on any atom is 0.339 e. The molecule has 32 heavy (non-hydrogen) atoms. The number of nitrogens with one attached hydrogen (secondary N) is 2. The Morgan fingerprint density at radius 1 is 1.12 bits per heavy atom. The van der Waals surface area contributed by atoms with Crippen molar-refractivity contribution in [2.45, 2.75) is 65.3 Å². The normalized spacial score (nSPS) is 18.6. The molecule has 0 unspecified atom stereocenters. The second kappa shape index (κ2) is 11.0. The zero-order valence-corrected chi connectivity index (χ0v) is 20.0. The number of methoxy groups -OCH3 is 1. The summed E-state index contributed by atoms with van der Waals surface area (Å²) in [6.45, 7) is 10.1. The quantitative estimate of drug-likeness (QED) is 0.599. The van der Waals surface area contributed by atoms with Crippen molar-refractivity contribution in [3.8, 4) is 0 Å². The van der Waals surface area contributed by atoms with Crippen molar-refractivity contribution in [2.24, 2.45) is 5.92 Å². The fraction of sp³-hybridized carbons (Fsp3) is 0.708. The van der Waals surface area contributed by atoms with Gasteiger partial charge in [-0.25, -0.2) is 4.79 Å². The first-order valence-electron chi connectivity index (χ1n) is 11.9. The predicted molar refractivity (Wildman–Crippen MR) is 123 cm³/mol. The van der Waals surface area contributed by atoms with Gasteiger partial charge in [0.15, 0.2) is 0 Å². The number of aromatic amines is 1. The maximum atomic E-state index is 13.0. The summed E-state index contributed by atoms with van der Waals surface area (Å²) < 4.78 is 4.83. The number of ether oxygens (including phenoxy) is 1. The fourth-order valence-electron chi connectivity index (χ4n) is 4.99. The van der Waals surface area contributed by atoms with E-state index in [9.17, 15) is 14.4 Å². The summed E-state index contributed by atoms with van der Waals surface area (Å²) in [4.78, 5) is 44.7. The van der Waals surface area contributed by atoms with Crippen LogP contribution in [0.2, 0.25) is 0 Å². The predicted octanol–water partition coefficient (Wildman–Crippen LogP) is 2.65. The van der Waals surface area contributed by atoms with Crippen LogP contribution in [0.5, 0.6) is 0 Å². The highest BCUT2D eigenvalue weighted by Crippen LogP contribution is 2.25. The summed E-state index contributed by atoms with van der Waals surface area (Å²) >= 11 is 0. The van der Waals surface area contributed by atoms with Gasteiger partial charge in [-0.1, -0.05) is 0 Å². The highest BCUT2D eigenvalue weighted by Gasteiger charge is 2.29. The Labute approximate surface area is 191 Å². The van der Waals surface area contributed by atoms with Crippen molar-refractivity contribution in [1.29, 1.82) is 0 Å². The van der Waals surface area contributed by atoms with Crippen LogP contribution >= 0.6 is 0 Å². The monoisotopic (exact) mass is 446 g/mol. The van der Waals surface area contributed by atoms with Gasteiger partial charge in [-0.05, 0) is 77.4 Å². The molecule has 8 heteroatoms. The lowest BCUT2D eigenvalue weighted by Gasteiger charge is -2.31. The first-order valence-corrected chi connectivity index (χ1v) is 11.9. The van der Waals surface area contributed by atoms with Crippen molar-refractivity contribution in [1.82, 2.24) is 20.1 Å². The van der Waals surface area contributed by atoms with Gasteiger partial charge >= 0.3 is 5.97 Å². The van der Waals surface area contributed by atoms with Gasteiger partial charge in [-0.3, -0.25) is 9.59 Å². The Hall–Kier alpha value is -2.35. The first kappa shape index (κ1) is 24.3. The van der Waals surface area contributed by atoms with Crippen LogP contribution in [0.15, 0.2) is 0 Å². The Morgan fingerprint density at radius 2 is 1.78 bits per heavy atom. The topological polar surface area (TPSA) is 94.7 Å². The van der Waals surface area contributed by atoms with Crippen LogP contribution in [0.1, 0.15) is 77.6 Å². The van der Waals surface area contributed by atoms with Crippen LogP contribution in [-0.4, -0.2) is 78.4 Å². The van der Waals surface area contributed by atoms with E-state index in [-0.39, 0.29) is 11.8 Å². The third-order valence-corrected chi connectivity index (χ3v) is 7.06. The average Bonchev–Trinajstić information content (AvgIpc) is 3.41. The van der Waals surface area contributed by atoms with Crippen LogP contribution in [0.4, 0.5) is 0 Å². The molecule has 0 aromatic carbocycles. The molecule has 1 atom stereocenters. The van der Waals surface area contributed by atoms with Crippen molar-refractivity contribution in [2.75, 3.05) is 39.8 Å². The average molecular weight is 447 g/mol. The van der Waals surface area contributed by atoms with Gasteiger partial charge < -0.3 is 24.8 Å². The van der Waals surface area contributed by atoms with Gasteiger partial charge in [0, 0.05) is 37.8 Å². The molecule has 0 aliphatic carbocycles. The molecule has 3 rings (SSSR count). The van der Waals surface area contributed by atoms with E-state index in [1.807, 2.05) is 4.90 Å². The van der Waals surface area contributed by atoms with E-state index < -0.39 is 5.97 Å². The largest absolute Gasteiger partial charge is 0.465 e. The highest BCUT2D eigenvalue weighted by atomic mass is 16.5. The van der Waals surface area contributed by atoms with Gasteiger partial charge in [0.05, 0.1) is 12.7 Å². The molecule has 0 bridgehead atoms. The van der Waals surface area contributed by atoms with Gasteiger partial charge in [-0.2, -0.15) is 0 Å². The summed E-state index contributed by atoms with van der Waals surface area (Å²) in [5, 5.41) is 3.08. The number of aryl methyl sites for hydroxylation is 1. The number of carbonyl (C=O) groups excluding carboxylic acids is 3. The number of esters is 1. The summed E-state index contributed by atoms with van der Waals surface area (Å²) in [7, 11) is 1.34. The molecular formula is C24H38N4O4. The number of amides is 2. The van der Waals surface area contributed by atoms with Gasteiger partial charge in [0.1, 0.15) is 5.69 Å². The molecule has 1 aromatic rings. The molecule has 0 saturated carbocycles. The SMILES string of the molecule is COC(=O)c1c(C)[nH]c(C(=O)N2CCC(CC(=O)NCC[C@H](C)N3CCCC3)CC2)c1C. The minimum Gasteiger partial charge on any atom is -0.465 e. The summed E-state index contributed by atoms with van der Waals surface area (Å²) in [5.74, 6) is -0.122. The zero-order valence-electron chi connectivity index (χ0n) is 20.0. The van der Waals surface area contributed by atoms with E-state index in [1.165, 1.54) is 33.0 Å². The highest BCUT2D eigenvalue weighted by molar-refractivity contribution is 6.00. The lowest BCUT2D eigenvalue weighted by Crippen LogP contribution is -2.40. The second-order valence-corrected chi connectivity index (χ2v) is 9.29. The van der Waals surface area contributed by atoms with Gasteiger partial charge in [-0.15, -0.1) is 0 Å². The molecule has 2 saturated heterocycles. The molecule has 2 fully saturated rings. The van der Waals surface area contributed by atoms with Crippen molar-refractivity contribution in [3.63, 3.8) is 0 Å². The Balaban J connectivity index is 1.42. The summed E-state index contributed by atoms with van der Waals surface area (Å²) in [6, 6.07) is 0.520. The van der Waals surface area contributed by atoms with Crippen LogP contribution in [-0.2, 0) is 9.53 Å². The lowest BCUT2D eigenvalue weighted by atomic mass is 9.93. The van der Waals surface area contributed by atoms with Crippen molar-refractivity contribution < 1.29 is 19.1 Å². The Bertz CT molecular complexity index is 820. The van der Waals surface area contributed by atoms with Crippen LogP contribution < -0.4 is 5.32 Å². The maximum absolute atomic E-state index is 13.0. The summed E-state index contributed by atoms with van der Waals surface area (Å²) in [6.07, 6.45) is 5.70. The van der Waals surface area contributed by atoms with Gasteiger partial charge in [0.2, 0.25) is 5.91 Å². The number of piperidine rings is 1. The number of likely N-dealkylation sites (tertiary alicyclic amines) is 2. The third kappa shape index (κ3) is 5.71. The standard InChI is InChI=1S/C24H38N4O4/c1-16(27-11-5-6-12-27)7-10-25-20(29)15-19-8-13-28(14-9-19)23(30)22-17(2)21(18(3)26-22)24(31)32-4/h16,19,26H,5-15H2,1-4H3,(H,25,29)/t16-/m0/s1. The number of hydrogen-bond acceptors (Lipinski definition) is 5. The molecule has 2 amide bonds. The van der Waals surface area contributed by atoms with Crippen molar-refractivity contribution in [3.05, 3.63) is 22.5 Å². The summed E-state index contributed by atoms with van der Waals surface area (Å²) in [5.41, 5.74) is 2.15. The van der Waals surface area contributed by atoms with E-state index in [1.54, 1.807) is 13.8 Å². The zero-order chi connectivity index (χ0) is 23.3. The number of hydrogen-bond donors (Lipinski definition) is 2.